The van der Waals surface area contributed by atoms with Crippen LogP contribution in [0.4, 0.5) is 4.79 Å². The SMILES string of the molecule is CCCCCCCCCCCNC(=O)OCC(CCC)COP(=O)([O-])OCCCC[N+]12CCC(CC1)CC2. The van der Waals surface area contributed by atoms with Crippen molar-refractivity contribution in [2.24, 2.45) is 11.8 Å². The summed E-state index contributed by atoms with van der Waals surface area (Å²) in [6, 6.07) is 0. The molecule has 1 amide bonds. The molecule has 3 aliphatic heterocycles. The predicted molar refractivity (Wildman–Crippen MR) is 151 cm³/mol. The second-order valence-corrected chi connectivity index (χ2v) is 13.2. The molecule has 38 heavy (non-hydrogen) atoms. The van der Waals surface area contributed by atoms with E-state index in [0.29, 0.717) is 13.0 Å². The molecule has 8 nitrogen and oxygen atoms in total. The normalized spacial score (nSPS) is 23.2. The van der Waals surface area contributed by atoms with Gasteiger partial charge in [0.2, 0.25) is 0 Å². The Hall–Kier alpha value is -0.660. The number of fused-ring (bicyclic) bond motifs is 3. The third-order valence-corrected chi connectivity index (χ3v) is 9.44. The quantitative estimate of drug-likeness (QED) is 0.0862. The molecular formula is C29H57N2O6P. The van der Waals surface area contributed by atoms with Crippen molar-refractivity contribution >= 4 is 13.9 Å². The fourth-order valence-electron chi connectivity index (χ4n) is 5.93. The van der Waals surface area contributed by atoms with Crippen molar-refractivity contribution in [1.82, 2.24) is 5.32 Å². The summed E-state index contributed by atoms with van der Waals surface area (Å²) in [5, 5.41) is 2.80. The highest BCUT2D eigenvalue weighted by Crippen LogP contribution is 2.39. The number of hydrogen-bond acceptors (Lipinski definition) is 6. The van der Waals surface area contributed by atoms with Gasteiger partial charge in [0.15, 0.2) is 0 Å². The lowest BCUT2D eigenvalue weighted by Gasteiger charge is -2.49. The Morgan fingerprint density at radius 2 is 1.50 bits per heavy atom. The predicted octanol–water partition coefficient (Wildman–Crippen LogP) is 6.57. The van der Waals surface area contributed by atoms with Gasteiger partial charge in [0.25, 0.3) is 7.82 Å². The van der Waals surface area contributed by atoms with Gasteiger partial charge in [0.05, 0.1) is 46.0 Å². The van der Waals surface area contributed by atoms with Crippen LogP contribution in [0.15, 0.2) is 0 Å². The molecule has 2 atom stereocenters. The zero-order chi connectivity index (χ0) is 27.5. The summed E-state index contributed by atoms with van der Waals surface area (Å²) in [6.45, 7) is 10.1. The summed E-state index contributed by atoms with van der Waals surface area (Å²) >= 11 is 0. The summed E-state index contributed by atoms with van der Waals surface area (Å²) in [7, 11) is -4.36. The molecule has 0 saturated carbocycles. The minimum Gasteiger partial charge on any atom is -0.756 e. The molecule has 0 aromatic rings. The number of phosphoric ester groups is 1. The Kier molecular flexibility index (Phi) is 17.1. The molecule has 1 N–H and O–H groups in total. The third-order valence-electron chi connectivity index (χ3n) is 8.48. The van der Waals surface area contributed by atoms with Crippen LogP contribution in [-0.2, 0) is 18.3 Å². The highest BCUT2D eigenvalue weighted by molar-refractivity contribution is 7.45. The van der Waals surface area contributed by atoms with Gasteiger partial charge in [0.1, 0.15) is 0 Å². The maximum atomic E-state index is 12.2. The average molecular weight is 561 g/mol. The monoisotopic (exact) mass is 560 g/mol. The molecule has 3 aliphatic rings. The number of carbonyl (C=O) groups excluding carboxylic acids is 1. The summed E-state index contributed by atoms with van der Waals surface area (Å²) in [5.41, 5.74) is 0. The molecule has 0 aromatic heterocycles. The topological polar surface area (TPSA) is 96.9 Å². The number of hydrogen-bond donors (Lipinski definition) is 1. The fourth-order valence-corrected chi connectivity index (χ4v) is 6.75. The molecule has 224 valence electrons. The van der Waals surface area contributed by atoms with Gasteiger partial charge in [-0.3, -0.25) is 4.57 Å². The van der Waals surface area contributed by atoms with E-state index >= 15 is 0 Å². The van der Waals surface area contributed by atoms with Gasteiger partial charge < -0.3 is 28.5 Å². The summed E-state index contributed by atoms with van der Waals surface area (Å²) in [4.78, 5) is 24.3. The third kappa shape index (κ3) is 14.6. The van der Waals surface area contributed by atoms with Gasteiger partial charge in [-0.1, -0.05) is 71.6 Å². The first-order valence-electron chi connectivity index (χ1n) is 15.7. The maximum absolute atomic E-state index is 12.2. The lowest BCUT2D eigenvalue weighted by Crippen LogP contribution is -2.58. The fraction of sp³-hybridized carbons (Fsp3) is 0.966. The van der Waals surface area contributed by atoms with Gasteiger partial charge in [-0.05, 0) is 50.9 Å². The summed E-state index contributed by atoms with van der Waals surface area (Å²) < 4.78 is 29.1. The second-order valence-electron chi connectivity index (χ2n) is 11.8. The van der Waals surface area contributed by atoms with Crippen LogP contribution in [0.1, 0.15) is 117 Å². The van der Waals surface area contributed by atoms with E-state index in [2.05, 4.69) is 12.2 Å². The molecule has 0 spiro atoms. The Balaban J connectivity index is 1.49. The molecule has 0 aliphatic carbocycles. The van der Waals surface area contributed by atoms with Crippen LogP contribution in [-0.4, -0.2) is 63.1 Å². The lowest BCUT2D eigenvalue weighted by molar-refractivity contribution is -0.942. The number of ether oxygens (including phenoxy) is 1. The van der Waals surface area contributed by atoms with Crippen LogP contribution in [0.2, 0.25) is 0 Å². The van der Waals surface area contributed by atoms with Gasteiger partial charge in [0, 0.05) is 12.5 Å². The smallest absolute Gasteiger partial charge is 0.407 e. The number of nitrogens with zero attached hydrogens (tertiary/aromatic N) is 1. The molecule has 0 radical (unpaired) electrons. The van der Waals surface area contributed by atoms with E-state index in [1.54, 1.807) is 0 Å². The number of unbranched alkanes of at least 4 members (excludes halogenated alkanes) is 9. The highest BCUT2D eigenvalue weighted by atomic mass is 31.2. The number of phosphoric acid groups is 1. The van der Waals surface area contributed by atoms with Crippen molar-refractivity contribution in [1.29, 1.82) is 0 Å². The second kappa shape index (κ2) is 19.4. The molecule has 2 bridgehead atoms. The highest BCUT2D eigenvalue weighted by Gasteiger charge is 2.38. The van der Waals surface area contributed by atoms with Crippen molar-refractivity contribution in [2.45, 2.75) is 117 Å². The van der Waals surface area contributed by atoms with E-state index in [4.69, 9.17) is 13.8 Å². The van der Waals surface area contributed by atoms with E-state index < -0.39 is 13.9 Å². The van der Waals surface area contributed by atoms with Gasteiger partial charge in [-0.25, -0.2) is 4.79 Å². The van der Waals surface area contributed by atoms with Crippen molar-refractivity contribution in [3.8, 4) is 0 Å². The van der Waals surface area contributed by atoms with Gasteiger partial charge in [-0.2, -0.15) is 0 Å². The molecule has 3 rings (SSSR count). The number of carbonyl (C=O) groups is 1. The number of nitrogens with one attached hydrogen (secondary N) is 1. The molecule has 2 unspecified atom stereocenters. The first-order chi connectivity index (χ1) is 18.4. The van der Waals surface area contributed by atoms with Crippen molar-refractivity contribution in [3.05, 3.63) is 0 Å². The van der Waals surface area contributed by atoms with Crippen molar-refractivity contribution < 1.29 is 32.5 Å². The molecular weight excluding hydrogens is 503 g/mol. The largest absolute Gasteiger partial charge is 0.756 e. The Labute approximate surface area is 232 Å². The molecule has 0 aromatic carbocycles. The Morgan fingerprint density at radius 3 is 2.13 bits per heavy atom. The van der Waals surface area contributed by atoms with Crippen LogP contribution in [0.5, 0.6) is 0 Å². The van der Waals surface area contributed by atoms with E-state index in [1.807, 2.05) is 6.92 Å². The molecule has 9 heteroatoms. The van der Waals surface area contributed by atoms with Crippen LogP contribution in [0.25, 0.3) is 0 Å². The van der Waals surface area contributed by atoms with Crippen molar-refractivity contribution in [3.63, 3.8) is 0 Å². The number of quaternary nitrogens is 1. The first kappa shape index (κ1) is 33.5. The standard InChI is InChI=1S/C29H57N2O6P/c1-3-5-6-7-8-9-10-11-12-19-30-29(32)35-25-28(15-4-2)26-37-38(33,34)36-24-14-13-20-31-21-16-27(17-22-31)18-23-31/h27-28H,3-26H2,1-2H3,(H-,30,32,33,34). The van der Waals surface area contributed by atoms with Crippen molar-refractivity contribution in [2.75, 3.05) is 52.5 Å². The maximum Gasteiger partial charge on any atom is 0.407 e. The number of rotatable bonds is 23. The Morgan fingerprint density at radius 1 is 0.868 bits per heavy atom. The summed E-state index contributed by atoms with van der Waals surface area (Å²) in [5.74, 6) is 0.768. The molecule has 3 saturated heterocycles. The van der Waals surface area contributed by atoms with Gasteiger partial charge >= 0.3 is 6.09 Å². The summed E-state index contributed by atoms with van der Waals surface area (Å²) in [6.07, 6.45) is 18.0. The molecule has 3 fully saturated rings. The van der Waals surface area contributed by atoms with E-state index in [1.165, 1.54) is 88.3 Å². The van der Waals surface area contributed by atoms with E-state index in [9.17, 15) is 14.3 Å². The number of piperidine rings is 3. The zero-order valence-corrected chi connectivity index (χ0v) is 25.4. The van der Waals surface area contributed by atoms with Gasteiger partial charge in [-0.15, -0.1) is 0 Å². The first-order valence-corrected chi connectivity index (χ1v) is 17.2. The number of amides is 1. The van der Waals surface area contributed by atoms with Crippen LogP contribution in [0.3, 0.4) is 0 Å². The molecule has 3 heterocycles. The lowest BCUT2D eigenvalue weighted by atomic mass is 9.85. The van der Waals surface area contributed by atoms with Crippen LogP contribution in [0, 0.1) is 11.8 Å². The number of alkyl carbamates (subject to hydrolysis) is 1. The minimum absolute atomic E-state index is 0.0265. The van der Waals surface area contributed by atoms with E-state index in [0.717, 1.165) is 44.6 Å². The van der Waals surface area contributed by atoms with E-state index in [-0.39, 0.29) is 25.7 Å². The van der Waals surface area contributed by atoms with Crippen LogP contribution >= 0.6 is 7.82 Å². The zero-order valence-electron chi connectivity index (χ0n) is 24.5. The minimum atomic E-state index is -4.36. The average Bonchev–Trinajstić information content (AvgIpc) is 2.92. The Bertz CT molecular complexity index is 658. The van der Waals surface area contributed by atoms with Crippen LogP contribution < -0.4 is 10.2 Å².